The van der Waals surface area contributed by atoms with Gasteiger partial charge in [-0.1, -0.05) is 0 Å². The zero-order chi connectivity index (χ0) is 23.0. The molecular formula is C22H28N4O5S. The molecule has 0 saturated carbocycles. The van der Waals surface area contributed by atoms with Gasteiger partial charge in [0.25, 0.3) is 0 Å². The van der Waals surface area contributed by atoms with Crippen LogP contribution in [0, 0.1) is 5.92 Å². The number of aromatic nitrogens is 1. The lowest BCUT2D eigenvalue weighted by Crippen LogP contribution is -2.45. The highest BCUT2D eigenvalue weighted by molar-refractivity contribution is 7.89. The number of ether oxygens (including phenoxy) is 1. The van der Waals surface area contributed by atoms with Gasteiger partial charge < -0.3 is 15.4 Å². The Hall–Kier alpha value is -2.98. The summed E-state index contributed by atoms with van der Waals surface area (Å²) in [7, 11) is -2.18. The number of hydrogen-bond donors (Lipinski definition) is 2. The van der Waals surface area contributed by atoms with Crippen molar-refractivity contribution in [2.45, 2.75) is 30.7 Å². The number of nitrogens with zero attached hydrogens (tertiary/aromatic N) is 2. The van der Waals surface area contributed by atoms with Gasteiger partial charge in [0.2, 0.25) is 21.8 Å². The van der Waals surface area contributed by atoms with E-state index in [1.807, 2.05) is 12.1 Å². The number of sulfonamides is 1. The number of hydrogen-bond acceptors (Lipinski definition) is 6. The first-order chi connectivity index (χ1) is 15.4. The molecule has 172 valence electrons. The van der Waals surface area contributed by atoms with Gasteiger partial charge >= 0.3 is 0 Å². The summed E-state index contributed by atoms with van der Waals surface area (Å²) in [6.45, 7) is 1.09. The van der Waals surface area contributed by atoms with Crippen LogP contribution in [0.1, 0.15) is 24.8 Å². The lowest BCUT2D eigenvalue weighted by molar-refractivity contribution is -0.126. The zero-order valence-corrected chi connectivity index (χ0v) is 18.8. The number of pyridine rings is 1. The number of carbonyl (C=O) groups is 2. The van der Waals surface area contributed by atoms with Crippen molar-refractivity contribution in [3.8, 4) is 5.75 Å². The van der Waals surface area contributed by atoms with Crippen LogP contribution >= 0.6 is 0 Å². The van der Waals surface area contributed by atoms with Crippen molar-refractivity contribution in [3.05, 3.63) is 54.4 Å². The predicted molar refractivity (Wildman–Crippen MR) is 118 cm³/mol. The molecule has 0 bridgehead atoms. The third-order valence-electron chi connectivity index (χ3n) is 5.34. The minimum absolute atomic E-state index is 0.119. The van der Waals surface area contributed by atoms with Gasteiger partial charge in [0.1, 0.15) is 5.75 Å². The van der Waals surface area contributed by atoms with Crippen LogP contribution in [-0.4, -0.2) is 56.3 Å². The molecule has 10 heteroatoms. The molecule has 1 fully saturated rings. The quantitative estimate of drug-likeness (QED) is 0.583. The summed E-state index contributed by atoms with van der Waals surface area (Å²) in [4.78, 5) is 28.6. The Morgan fingerprint density at radius 2 is 1.84 bits per heavy atom. The largest absolute Gasteiger partial charge is 0.497 e. The summed E-state index contributed by atoms with van der Waals surface area (Å²) in [5.74, 6) is -0.280. The fourth-order valence-corrected chi connectivity index (χ4v) is 5.03. The second-order valence-electron chi connectivity index (χ2n) is 7.55. The SMILES string of the molecule is COc1ccc(S(=O)(=O)N2CCC[C@H](C(=O)NCCC(=O)NCc3ccncc3)C2)cc1. The number of rotatable bonds is 9. The van der Waals surface area contributed by atoms with E-state index in [9.17, 15) is 18.0 Å². The van der Waals surface area contributed by atoms with Gasteiger partial charge in [-0.05, 0) is 54.8 Å². The summed E-state index contributed by atoms with van der Waals surface area (Å²) in [5.41, 5.74) is 0.942. The van der Waals surface area contributed by atoms with Crippen LogP contribution < -0.4 is 15.4 Å². The molecule has 1 atom stereocenters. The highest BCUT2D eigenvalue weighted by Gasteiger charge is 2.33. The average molecular weight is 461 g/mol. The smallest absolute Gasteiger partial charge is 0.243 e. The van der Waals surface area contributed by atoms with Crippen LogP contribution in [0.2, 0.25) is 0 Å². The molecule has 9 nitrogen and oxygen atoms in total. The number of nitrogens with one attached hydrogen (secondary N) is 2. The van der Waals surface area contributed by atoms with Crippen molar-refractivity contribution < 1.29 is 22.7 Å². The maximum atomic E-state index is 12.9. The average Bonchev–Trinajstić information content (AvgIpc) is 2.83. The summed E-state index contributed by atoms with van der Waals surface area (Å²) in [6.07, 6.45) is 4.67. The molecule has 32 heavy (non-hydrogen) atoms. The highest BCUT2D eigenvalue weighted by atomic mass is 32.2. The highest BCUT2D eigenvalue weighted by Crippen LogP contribution is 2.25. The Kier molecular flexibility index (Phi) is 8.18. The molecule has 3 rings (SSSR count). The van der Waals surface area contributed by atoms with E-state index in [0.717, 1.165) is 5.56 Å². The van der Waals surface area contributed by atoms with Crippen molar-refractivity contribution in [2.24, 2.45) is 5.92 Å². The van der Waals surface area contributed by atoms with Crippen LogP contribution in [0.15, 0.2) is 53.7 Å². The number of benzene rings is 1. The van der Waals surface area contributed by atoms with E-state index in [2.05, 4.69) is 15.6 Å². The summed E-state index contributed by atoms with van der Waals surface area (Å²) < 4.78 is 32.3. The molecule has 1 aliphatic rings. The Morgan fingerprint density at radius 3 is 2.53 bits per heavy atom. The molecule has 0 unspecified atom stereocenters. The second kappa shape index (κ2) is 11.1. The van der Waals surface area contributed by atoms with E-state index in [-0.39, 0.29) is 36.2 Å². The Morgan fingerprint density at radius 1 is 1.12 bits per heavy atom. The molecule has 1 aliphatic heterocycles. The van der Waals surface area contributed by atoms with E-state index >= 15 is 0 Å². The molecule has 1 aromatic heterocycles. The topological polar surface area (TPSA) is 118 Å². The monoisotopic (exact) mass is 460 g/mol. The minimum Gasteiger partial charge on any atom is -0.497 e. The first kappa shape index (κ1) is 23.7. The number of piperidine rings is 1. The van der Waals surface area contributed by atoms with Gasteiger partial charge in [-0.15, -0.1) is 0 Å². The third kappa shape index (κ3) is 6.27. The molecule has 0 aliphatic carbocycles. The molecule has 0 spiro atoms. The van der Waals surface area contributed by atoms with Gasteiger partial charge in [-0.2, -0.15) is 4.31 Å². The maximum absolute atomic E-state index is 12.9. The summed E-state index contributed by atoms with van der Waals surface area (Å²) in [5, 5.41) is 5.55. The molecule has 1 saturated heterocycles. The number of amides is 2. The molecular weight excluding hydrogens is 432 g/mol. The van der Waals surface area contributed by atoms with Crippen LogP contribution in [0.5, 0.6) is 5.75 Å². The standard InChI is InChI=1S/C22H28N4O5S/c1-31-19-4-6-20(7-5-19)32(29,30)26-14-2-3-18(16-26)22(28)24-13-10-21(27)25-15-17-8-11-23-12-9-17/h4-9,11-12,18H,2-3,10,13-16H2,1H3,(H,24,28)(H,25,27)/t18-/m0/s1. The lowest BCUT2D eigenvalue weighted by atomic mass is 9.99. The van der Waals surface area contributed by atoms with E-state index in [1.165, 1.54) is 23.5 Å². The van der Waals surface area contributed by atoms with Gasteiger partial charge in [0, 0.05) is 45.0 Å². The normalized spacial score (nSPS) is 16.8. The lowest BCUT2D eigenvalue weighted by Gasteiger charge is -2.31. The van der Waals surface area contributed by atoms with Crippen molar-refractivity contribution in [1.29, 1.82) is 0 Å². The Balaban J connectivity index is 1.46. The second-order valence-corrected chi connectivity index (χ2v) is 9.49. The molecule has 2 N–H and O–H groups in total. The molecule has 2 aromatic rings. The molecule has 2 heterocycles. The minimum atomic E-state index is -3.69. The fourth-order valence-electron chi connectivity index (χ4n) is 3.50. The summed E-state index contributed by atoms with van der Waals surface area (Å²) >= 11 is 0. The maximum Gasteiger partial charge on any atom is 0.243 e. The van der Waals surface area contributed by atoms with Crippen molar-refractivity contribution >= 4 is 21.8 Å². The van der Waals surface area contributed by atoms with E-state index in [0.29, 0.717) is 31.7 Å². The van der Waals surface area contributed by atoms with Gasteiger partial charge in [-0.25, -0.2) is 8.42 Å². The molecule has 1 aromatic carbocycles. The predicted octanol–water partition coefficient (Wildman–Crippen LogP) is 1.31. The van der Waals surface area contributed by atoms with Crippen molar-refractivity contribution in [3.63, 3.8) is 0 Å². The van der Waals surface area contributed by atoms with Crippen LogP contribution in [0.4, 0.5) is 0 Å². The van der Waals surface area contributed by atoms with E-state index < -0.39 is 15.9 Å². The Bertz CT molecular complexity index is 1010. The molecule has 0 radical (unpaired) electrons. The van der Waals surface area contributed by atoms with Gasteiger partial charge in [0.05, 0.1) is 17.9 Å². The zero-order valence-electron chi connectivity index (χ0n) is 18.0. The summed E-state index contributed by atoms with van der Waals surface area (Å²) in [6, 6.07) is 9.83. The third-order valence-corrected chi connectivity index (χ3v) is 7.22. The van der Waals surface area contributed by atoms with Crippen LogP contribution in [-0.2, 0) is 26.2 Å². The number of carbonyl (C=O) groups excluding carboxylic acids is 2. The molecule has 2 amide bonds. The fraction of sp³-hybridized carbons (Fsp3) is 0.409. The van der Waals surface area contributed by atoms with Crippen molar-refractivity contribution in [2.75, 3.05) is 26.7 Å². The van der Waals surface area contributed by atoms with E-state index in [1.54, 1.807) is 24.5 Å². The van der Waals surface area contributed by atoms with Gasteiger partial charge in [0.15, 0.2) is 0 Å². The van der Waals surface area contributed by atoms with Gasteiger partial charge in [-0.3, -0.25) is 14.6 Å². The van der Waals surface area contributed by atoms with Crippen LogP contribution in [0.3, 0.4) is 0 Å². The van der Waals surface area contributed by atoms with Crippen molar-refractivity contribution in [1.82, 2.24) is 19.9 Å². The van der Waals surface area contributed by atoms with E-state index in [4.69, 9.17) is 4.74 Å². The first-order valence-corrected chi connectivity index (χ1v) is 11.9. The van der Waals surface area contributed by atoms with Crippen LogP contribution in [0.25, 0.3) is 0 Å². The number of methoxy groups -OCH3 is 1. The Labute approximate surface area is 188 Å². The first-order valence-electron chi connectivity index (χ1n) is 10.5.